The minimum absolute atomic E-state index is 0.0803. The first-order valence-electron chi connectivity index (χ1n) is 3.85. The van der Waals surface area contributed by atoms with Gasteiger partial charge in [-0.1, -0.05) is 11.8 Å². The maximum atomic E-state index is 10.7. The van der Waals surface area contributed by atoms with Crippen molar-refractivity contribution in [1.29, 1.82) is 0 Å². The molecule has 0 rings (SSSR count). The highest BCUT2D eigenvalue weighted by Crippen LogP contribution is 2.02. The molecule has 68 valence electrons. The standard InChI is InChI=1S/C9H14O3/c1-8(11)9(2,12)6-4-3-5-7-10/h10,12H,3,5,7H2,1-2H3. The van der Waals surface area contributed by atoms with Crippen LogP contribution in [0, 0.1) is 11.8 Å². The maximum absolute atomic E-state index is 10.7. The Morgan fingerprint density at radius 2 is 2.17 bits per heavy atom. The second-order valence-electron chi connectivity index (χ2n) is 2.76. The van der Waals surface area contributed by atoms with Crippen molar-refractivity contribution in [1.82, 2.24) is 0 Å². The summed E-state index contributed by atoms with van der Waals surface area (Å²) in [7, 11) is 0. The molecule has 0 radical (unpaired) electrons. The Labute approximate surface area is 72.4 Å². The van der Waals surface area contributed by atoms with Gasteiger partial charge in [-0.25, -0.2) is 0 Å². The highest BCUT2D eigenvalue weighted by Gasteiger charge is 2.22. The first-order chi connectivity index (χ1) is 5.50. The molecule has 0 aliphatic carbocycles. The second-order valence-corrected chi connectivity index (χ2v) is 2.76. The van der Waals surface area contributed by atoms with E-state index < -0.39 is 5.60 Å². The van der Waals surface area contributed by atoms with Gasteiger partial charge < -0.3 is 10.2 Å². The minimum Gasteiger partial charge on any atom is -0.396 e. The van der Waals surface area contributed by atoms with Gasteiger partial charge in [0.15, 0.2) is 11.4 Å². The van der Waals surface area contributed by atoms with Crippen LogP contribution in [0.2, 0.25) is 0 Å². The summed E-state index contributed by atoms with van der Waals surface area (Å²) in [4.78, 5) is 10.7. The molecule has 0 aliphatic rings. The molecule has 1 unspecified atom stereocenters. The van der Waals surface area contributed by atoms with Crippen LogP contribution in [-0.2, 0) is 4.79 Å². The molecular formula is C9H14O3. The zero-order chi connectivity index (χ0) is 9.61. The van der Waals surface area contributed by atoms with Crippen molar-refractivity contribution in [2.24, 2.45) is 0 Å². The van der Waals surface area contributed by atoms with Gasteiger partial charge in [0.2, 0.25) is 0 Å². The Hall–Kier alpha value is -0.850. The molecule has 0 aromatic rings. The van der Waals surface area contributed by atoms with Crippen LogP contribution in [0.25, 0.3) is 0 Å². The lowest BCUT2D eigenvalue weighted by Gasteiger charge is -2.10. The lowest BCUT2D eigenvalue weighted by atomic mass is 10.0. The van der Waals surface area contributed by atoms with Crippen LogP contribution in [0.15, 0.2) is 0 Å². The summed E-state index contributed by atoms with van der Waals surface area (Å²) in [6, 6.07) is 0. The number of carbonyl (C=O) groups is 1. The first kappa shape index (κ1) is 11.2. The first-order valence-corrected chi connectivity index (χ1v) is 3.85. The van der Waals surface area contributed by atoms with E-state index in [-0.39, 0.29) is 12.4 Å². The third-order valence-corrected chi connectivity index (χ3v) is 1.48. The Balaban J connectivity index is 4.01. The molecular weight excluding hydrogens is 156 g/mol. The number of carbonyl (C=O) groups excluding carboxylic acids is 1. The molecule has 0 saturated carbocycles. The van der Waals surface area contributed by atoms with E-state index in [1.165, 1.54) is 13.8 Å². The van der Waals surface area contributed by atoms with Gasteiger partial charge in [-0.2, -0.15) is 0 Å². The number of ketones is 1. The van der Waals surface area contributed by atoms with Crippen molar-refractivity contribution in [3.63, 3.8) is 0 Å². The van der Waals surface area contributed by atoms with E-state index in [1.54, 1.807) is 0 Å². The number of aliphatic hydroxyl groups is 2. The monoisotopic (exact) mass is 170 g/mol. The molecule has 12 heavy (non-hydrogen) atoms. The molecule has 1 atom stereocenters. The molecule has 0 aliphatic heterocycles. The summed E-state index contributed by atoms with van der Waals surface area (Å²) >= 11 is 0. The highest BCUT2D eigenvalue weighted by atomic mass is 16.3. The SMILES string of the molecule is CC(=O)C(C)(O)C#CCCCO. The summed E-state index contributed by atoms with van der Waals surface area (Å²) in [5.74, 6) is 4.70. The molecule has 0 heterocycles. The topological polar surface area (TPSA) is 57.5 Å². The molecule has 0 aromatic heterocycles. The number of hydrogen-bond donors (Lipinski definition) is 2. The molecule has 0 fully saturated rings. The van der Waals surface area contributed by atoms with Gasteiger partial charge in [0.25, 0.3) is 0 Å². The molecule has 0 amide bonds. The van der Waals surface area contributed by atoms with Crippen molar-refractivity contribution in [2.45, 2.75) is 32.3 Å². The number of unbranched alkanes of at least 4 members (excludes halogenated alkanes) is 1. The van der Waals surface area contributed by atoms with E-state index in [1.807, 2.05) is 0 Å². The van der Waals surface area contributed by atoms with Crippen LogP contribution in [0.5, 0.6) is 0 Å². The number of hydrogen-bond acceptors (Lipinski definition) is 3. The quantitative estimate of drug-likeness (QED) is 0.466. The summed E-state index contributed by atoms with van der Waals surface area (Å²) in [6.45, 7) is 2.74. The molecule has 3 heteroatoms. The fourth-order valence-corrected chi connectivity index (χ4v) is 0.490. The van der Waals surface area contributed by atoms with Gasteiger partial charge in [-0.3, -0.25) is 4.79 Å². The number of Topliss-reactive ketones (excluding diaryl/α,β-unsaturated/α-hetero) is 1. The zero-order valence-corrected chi connectivity index (χ0v) is 7.42. The van der Waals surface area contributed by atoms with Crippen LogP contribution >= 0.6 is 0 Å². The van der Waals surface area contributed by atoms with Gasteiger partial charge in [0.05, 0.1) is 0 Å². The van der Waals surface area contributed by atoms with E-state index in [4.69, 9.17) is 5.11 Å². The third kappa shape index (κ3) is 4.12. The highest BCUT2D eigenvalue weighted by molar-refractivity contribution is 5.87. The summed E-state index contributed by atoms with van der Waals surface area (Å²) in [5, 5.41) is 17.7. The minimum atomic E-state index is -1.53. The summed E-state index contributed by atoms with van der Waals surface area (Å²) in [6.07, 6.45) is 1.07. The van der Waals surface area contributed by atoms with Gasteiger partial charge >= 0.3 is 0 Å². The fraction of sp³-hybridized carbons (Fsp3) is 0.667. The summed E-state index contributed by atoms with van der Waals surface area (Å²) < 4.78 is 0. The third-order valence-electron chi connectivity index (χ3n) is 1.48. The van der Waals surface area contributed by atoms with E-state index >= 15 is 0 Å². The van der Waals surface area contributed by atoms with E-state index in [2.05, 4.69) is 11.8 Å². The van der Waals surface area contributed by atoms with Crippen molar-refractivity contribution < 1.29 is 15.0 Å². The van der Waals surface area contributed by atoms with Crippen molar-refractivity contribution in [2.75, 3.05) is 6.61 Å². The van der Waals surface area contributed by atoms with Gasteiger partial charge in [0.1, 0.15) is 0 Å². The van der Waals surface area contributed by atoms with Gasteiger partial charge in [-0.05, 0) is 20.3 Å². The number of rotatable bonds is 3. The van der Waals surface area contributed by atoms with Crippen molar-refractivity contribution in [3.05, 3.63) is 0 Å². The lowest BCUT2D eigenvalue weighted by Crippen LogP contribution is -2.30. The smallest absolute Gasteiger partial charge is 0.180 e. The van der Waals surface area contributed by atoms with E-state index in [9.17, 15) is 9.90 Å². The van der Waals surface area contributed by atoms with Crippen LogP contribution in [-0.4, -0.2) is 28.2 Å². The number of aliphatic hydroxyl groups excluding tert-OH is 1. The van der Waals surface area contributed by atoms with Gasteiger partial charge in [0, 0.05) is 13.0 Å². The normalized spacial score (nSPS) is 14.3. The van der Waals surface area contributed by atoms with E-state index in [0.29, 0.717) is 12.8 Å². The second kappa shape index (κ2) is 4.91. The molecule has 0 saturated heterocycles. The van der Waals surface area contributed by atoms with Crippen LogP contribution in [0.1, 0.15) is 26.7 Å². The van der Waals surface area contributed by atoms with Crippen molar-refractivity contribution in [3.8, 4) is 11.8 Å². The Bertz CT molecular complexity index is 208. The maximum Gasteiger partial charge on any atom is 0.180 e. The molecule has 2 N–H and O–H groups in total. The molecule has 0 aromatic carbocycles. The average molecular weight is 170 g/mol. The zero-order valence-electron chi connectivity index (χ0n) is 7.42. The Morgan fingerprint density at radius 1 is 1.58 bits per heavy atom. The van der Waals surface area contributed by atoms with Crippen LogP contribution < -0.4 is 0 Å². The Morgan fingerprint density at radius 3 is 2.58 bits per heavy atom. The van der Waals surface area contributed by atoms with Crippen LogP contribution in [0.4, 0.5) is 0 Å². The Kier molecular flexibility index (Phi) is 4.57. The molecule has 0 bridgehead atoms. The lowest BCUT2D eigenvalue weighted by molar-refractivity contribution is -0.128. The predicted octanol–water partition coefficient (Wildman–Crippen LogP) is 0.102. The largest absolute Gasteiger partial charge is 0.396 e. The summed E-state index contributed by atoms with van der Waals surface area (Å²) in [5.41, 5.74) is -1.53. The van der Waals surface area contributed by atoms with Gasteiger partial charge in [-0.15, -0.1) is 0 Å². The molecule has 0 spiro atoms. The molecule has 3 nitrogen and oxygen atoms in total. The van der Waals surface area contributed by atoms with Crippen molar-refractivity contribution >= 4 is 5.78 Å². The van der Waals surface area contributed by atoms with E-state index in [0.717, 1.165) is 0 Å². The average Bonchev–Trinajstić information content (AvgIpc) is 1.98. The fourth-order valence-electron chi connectivity index (χ4n) is 0.490. The van der Waals surface area contributed by atoms with Crippen LogP contribution in [0.3, 0.4) is 0 Å². The predicted molar refractivity (Wildman–Crippen MR) is 45.4 cm³/mol.